The molecule has 0 bridgehead atoms. The zero-order chi connectivity index (χ0) is 42.4. The minimum Gasteiger partial charge on any atom is -0.454 e. The Morgan fingerprint density at radius 2 is 1.10 bits per heavy atom. The molecular formula is C47H50N4O8S. The molecule has 4 heterocycles. The second kappa shape index (κ2) is 13.8. The van der Waals surface area contributed by atoms with Gasteiger partial charge < -0.3 is 39.5 Å². The van der Waals surface area contributed by atoms with Gasteiger partial charge in [0.1, 0.15) is 0 Å². The molecule has 312 valence electrons. The summed E-state index contributed by atoms with van der Waals surface area (Å²) in [5, 5.41) is 7.83. The number of nitrogens with one attached hydrogen (secondary N) is 4. The van der Waals surface area contributed by atoms with Crippen LogP contribution in [0.4, 0.5) is 11.4 Å². The van der Waals surface area contributed by atoms with E-state index >= 15 is 0 Å². The average molecular weight is 831 g/mol. The molecule has 60 heavy (non-hydrogen) atoms. The quantitative estimate of drug-likeness (QED) is 0.124. The molecule has 2 fully saturated rings. The van der Waals surface area contributed by atoms with Gasteiger partial charge in [-0.15, -0.1) is 0 Å². The zero-order valence-corrected chi connectivity index (χ0v) is 35.7. The first-order chi connectivity index (χ1) is 28.3. The Kier molecular flexibility index (Phi) is 9.09. The summed E-state index contributed by atoms with van der Waals surface area (Å²) in [6.07, 6.45) is 4.40. The maximum Gasteiger partial charge on any atom is 0.235 e. The van der Waals surface area contributed by atoms with E-state index in [4.69, 9.17) is 18.9 Å². The van der Waals surface area contributed by atoms with Gasteiger partial charge in [0.25, 0.3) is 0 Å². The SMILES string of the molecule is CC(C)(C)c1[nH]c2ccc(NC(=O)C3(c4ccc5c(c4)OCO5)CC3)cc2c1S(C)(=O)=O.CC(C)(C)c1cc2cc(NC(=O)C3(c4ccc5c(c4)OCO5)CC3)ccc2[nH]1. The Balaban J connectivity index is 0.000000155. The van der Waals surface area contributed by atoms with Crippen LogP contribution in [0.3, 0.4) is 0 Å². The van der Waals surface area contributed by atoms with E-state index in [1.54, 1.807) is 12.1 Å². The molecule has 6 aromatic rings. The first kappa shape index (κ1) is 39.5. The van der Waals surface area contributed by atoms with E-state index in [0.717, 1.165) is 70.4 Å². The van der Waals surface area contributed by atoms with Crippen LogP contribution in [0.15, 0.2) is 83.8 Å². The van der Waals surface area contributed by atoms with Crippen molar-refractivity contribution in [3.8, 4) is 23.0 Å². The van der Waals surface area contributed by atoms with Gasteiger partial charge in [0, 0.05) is 61.7 Å². The molecule has 2 amide bonds. The van der Waals surface area contributed by atoms with Gasteiger partial charge in [0.2, 0.25) is 25.4 Å². The van der Waals surface area contributed by atoms with Crippen LogP contribution in [-0.2, 0) is 41.1 Å². The van der Waals surface area contributed by atoms with Crippen LogP contribution in [0.25, 0.3) is 21.8 Å². The molecule has 12 nitrogen and oxygen atoms in total. The molecule has 10 rings (SSSR count). The van der Waals surface area contributed by atoms with Crippen molar-refractivity contribution in [1.82, 2.24) is 9.97 Å². The molecule has 2 saturated carbocycles. The summed E-state index contributed by atoms with van der Waals surface area (Å²) in [5.74, 6) is 2.74. The Hall–Kier alpha value is -5.95. The number of carbonyl (C=O) groups is 2. The van der Waals surface area contributed by atoms with Gasteiger partial charge in [-0.3, -0.25) is 9.59 Å². The fraction of sp³-hybridized carbons (Fsp3) is 0.362. The minimum atomic E-state index is -3.48. The topological polar surface area (TPSA) is 161 Å². The number of aromatic nitrogens is 2. The molecule has 0 spiro atoms. The number of anilines is 2. The Labute approximate surface area is 349 Å². The molecule has 2 aromatic heterocycles. The van der Waals surface area contributed by atoms with Crippen molar-refractivity contribution in [2.24, 2.45) is 0 Å². The van der Waals surface area contributed by atoms with Gasteiger partial charge in [-0.1, -0.05) is 53.7 Å². The molecule has 0 unspecified atom stereocenters. The molecule has 2 aliphatic carbocycles. The molecule has 0 atom stereocenters. The predicted octanol–water partition coefficient (Wildman–Crippen LogP) is 9.13. The monoisotopic (exact) mass is 830 g/mol. The first-order valence-electron chi connectivity index (χ1n) is 20.3. The molecule has 13 heteroatoms. The number of hydrogen-bond acceptors (Lipinski definition) is 8. The van der Waals surface area contributed by atoms with Gasteiger partial charge in [0.15, 0.2) is 32.8 Å². The summed E-state index contributed by atoms with van der Waals surface area (Å²) in [6, 6.07) is 25.0. The van der Waals surface area contributed by atoms with Crippen LogP contribution < -0.4 is 29.6 Å². The highest BCUT2D eigenvalue weighted by atomic mass is 32.2. The van der Waals surface area contributed by atoms with Crippen molar-refractivity contribution >= 4 is 54.8 Å². The molecule has 0 saturated heterocycles. The number of benzene rings is 4. The van der Waals surface area contributed by atoms with E-state index in [1.807, 2.05) is 81.4 Å². The highest BCUT2D eigenvalue weighted by molar-refractivity contribution is 7.91. The maximum atomic E-state index is 13.3. The van der Waals surface area contributed by atoms with Crippen LogP contribution >= 0.6 is 0 Å². The van der Waals surface area contributed by atoms with Gasteiger partial charge in [-0.2, -0.15) is 0 Å². The summed E-state index contributed by atoms with van der Waals surface area (Å²) >= 11 is 0. The number of amides is 2. The third kappa shape index (κ3) is 7.12. The normalized spacial score (nSPS) is 16.9. The first-order valence-corrected chi connectivity index (χ1v) is 22.2. The van der Waals surface area contributed by atoms with Crippen molar-refractivity contribution < 1.29 is 37.0 Å². The van der Waals surface area contributed by atoms with Crippen LogP contribution in [0.2, 0.25) is 0 Å². The number of ether oxygens (including phenoxy) is 4. The lowest BCUT2D eigenvalue weighted by Gasteiger charge is -2.18. The third-order valence-electron chi connectivity index (χ3n) is 12.0. The van der Waals surface area contributed by atoms with E-state index in [2.05, 4.69) is 47.4 Å². The summed E-state index contributed by atoms with van der Waals surface area (Å²) < 4.78 is 47.0. The lowest BCUT2D eigenvalue weighted by Crippen LogP contribution is -2.27. The number of rotatable bonds is 7. The van der Waals surface area contributed by atoms with Crippen molar-refractivity contribution in [1.29, 1.82) is 0 Å². The second-order valence-electron chi connectivity index (χ2n) is 18.6. The van der Waals surface area contributed by atoms with Crippen molar-refractivity contribution in [3.05, 3.63) is 101 Å². The summed E-state index contributed by atoms with van der Waals surface area (Å²) in [6.45, 7) is 12.9. The highest BCUT2D eigenvalue weighted by Gasteiger charge is 2.52. The molecule has 4 aromatic carbocycles. The van der Waals surface area contributed by atoms with Crippen molar-refractivity contribution in [3.63, 3.8) is 0 Å². The summed E-state index contributed by atoms with van der Waals surface area (Å²) in [5.41, 5.74) is 5.55. The number of aromatic amines is 2. The molecule has 2 aliphatic heterocycles. The number of fused-ring (bicyclic) bond motifs is 4. The maximum absolute atomic E-state index is 13.3. The van der Waals surface area contributed by atoms with Gasteiger partial charge in [-0.05, 0) is 104 Å². The molecular weight excluding hydrogens is 781 g/mol. The number of carbonyl (C=O) groups excluding carboxylic acids is 2. The van der Waals surface area contributed by atoms with Gasteiger partial charge >= 0.3 is 0 Å². The number of sulfone groups is 1. The largest absolute Gasteiger partial charge is 0.454 e. The van der Waals surface area contributed by atoms with E-state index in [1.165, 1.54) is 11.9 Å². The van der Waals surface area contributed by atoms with E-state index in [-0.39, 0.29) is 41.1 Å². The smallest absolute Gasteiger partial charge is 0.235 e. The minimum absolute atomic E-state index is 0.0392. The number of hydrogen-bond donors (Lipinski definition) is 4. The van der Waals surface area contributed by atoms with E-state index in [0.29, 0.717) is 28.3 Å². The summed E-state index contributed by atoms with van der Waals surface area (Å²) in [4.78, 5) is 33.4. The highest BCUT2D eigenvalue weighted by Crippen LogP contribution is 2.52. The Morgan fingerprint density at radius 1 is 0.600 bits per heavy atom. The zero-order valence-electron chi connectivity index (χ0n) is 34.9. The van der Waals surface area contributed by atoms with Crippen LogP contribution in [-0.4, -0.2) is 50.0 Å². The predicted molar refractivity (Wildman–Crippen MR) is 231 cm³/mol. The summed E-state index contributed by atoms with van der Waals surface area (Å²) in [7, 11) is -3.48. The second-order valence-corrected chi connectivity index (χ2v) is 20.5. The lowest BCUT2D eigenvalue weighted by molar-refractivity contribution is -0.119. The fourth-order valence-electron chi connectivity index (χ4n) is 8.21. The standard InChI is InChI=1S/C24H26N2O5S.C23H24N2O3/c1-23(2,3)21-20(32(4,28)29)16-12-15(6-7-17(16)26-21)25-22(27)24(9-10-24)14-5-8-18-19(11-14)31-13-30-18;1-22(2,3)20-11-14-10-16(5-6-17(14)25-20)24-21(26)23(8-9-23)15-4-7-18-19(12-15)28-13-27-18/h5-8,11-12,26H,9-10,13H2,1-4H3,(H,25,27);4-7,10-12,25H,8-9,13H2,1-3H3,(H,24,26). The van der Waals surface area contributed by atoms with Crippen molar-refractivity contribution in [2.75, 3.05) is 30.5 Å². The average Bonchev–Trinajstić information content (AvgIpc) is 3.89. The van der Waals surface area contributed by atoms with Gasteiger partial charge in [0.05, 0.1) is 15.7 Å². The number of H-pyrrole nitrogens is 2. The van der Waals surface area contributed by atoms with Crippen molar-refractivity contribution in [2.45, 2.75) is 93.8 Å². The fourth-order valence-corrected chi connectivity index (χ4v) is 9.50. The van der Waals surface area contributed by atoms with Crippen LogP contribution in [0.5, 0.6) is 23.0 Å². The van der Waals surface area contributed by atoms with E-state index < -0.39 is 20.7 Å². The third-order valence-corrected chi connectivity index (χ3v) is 13.2. The van der Waals surface area contributed by atoms with Crippen LogP contribution in [0, 0.1) is 0 Å². The van der Waals surface area contributed by atoms with E-state index in [9.17, 15) is 18.0 Å². The molecule has 4 N–H and O–H groups in total. The van der Waals surface area contributed by atoms with Gasteiger partial charge in [-0.25, -0.2) is 8.42 Å². The Bertz CT molecular complexity index is 2830. The molecule has 0 radical (unpaired) electrons. The Morgan fingerprint density at radius 3 is 1.58 bits per heavy atom. The van der Waals surface area contributed by atoms with Crippen LogP contribution in [0.1, 0.15) is 89.7 Å². The lowest BCUT2D eigenvalue weighted by atomic mass is 9.92. The molecule has 4 aliphatic rings.